The molecule has 0 aromatic heterocycles. The maximum atomic E-state index is 11.5. The van der Waals surface area contributed by atoms with E-state index in [0.29, 0.717) is 12.0 Å². The number of carboxylic acids is 1. The lowest BCUT2D eigenvalue weighted by molar-refractivity contribution is -0.146. The Balaban J connectivity index is 4.29. The van der Waals surface area contributed by atoms with Crippen molar-refractivity contribution in [1.82, 2.24) is 5.32 Å². The van der Waals surface area contributed by atoms with E-state index in [0.717, 1.165) is 0 Å². The third kappa shape index (κ3) is 4.14. The van der Waals surface area contributed by atoms with Crippen LogP contribution in [0.4, 0.5) is 0 Å². The number of carbonyl (C=O) groups excluding carboxylic acids is 1. The van der Waals surface area contributed by atoms with Gasteiger partial charge in [-0.15, -0.1) is 0 Å². The summed E-state index contributed by atoms with van der Waals surface area (Å²) in [5, 5.41) is 11.5. The standard InChI is InChI=1S/C11H19NO3/c1-5-8(6-2)9(13)12-7-11(3,4)10(14)15/h5H,6-7H2,1-4H3,(H,12,13)(H,14,15). The average Bonchev–Trinajstić information content (AvgIpc) is 2.16. The zero-order chi connectivity index (χ0) is 12.1. The molecule has 0 radical (unpaired) electrons. The lowest BCUT2D eigenvalue weighted by atomic mass is 9.94. The molecule has 0 saturated heterocycles. The molecule has 0 rings (SSSR count). The first kappa shape index (κ1) is 13.7. The number of carboxylic acid groups (broad SMARTS) is 1. The minimum Gasteiger partial charge on any atom is -0.481 e. The molecular formula is C11H19NO3. The lowest BCUT2D eigenvalue weighted by Crippen LogP contribution is -2.39. The fourth-order valence-corrected chi connectivity index (χ4v) is 0.986. The Labute approximate surface area is 90.4 Å². The van der Waals surface area contributed by atoms with Crippen LogP contribution in [0, 0.1) is 5.41 Å². The van der Waals surface area contributed by atoms with E-state index in [-0.39, 0.29) is 12.5 Å². The van der Waals surface area contributed by atoms with Crippen LogP contribution in [0.5, 0.6) is 0 Å². The monoisotopic (exact) mass is 213 g/mol. The van der Waals surface area contributed by atoms with Gasteiger partial charge in [0.2, 0.25) is 5.91 Å². The van der Waals surface area contributed by atoms with E-state index in [1.54, 1.807) is 26.8 Å². The van der Waals surface area contributed by atoms with Crippen LogP contribution in [0.15, 0.2) is 11.6 Å². The quantitative estimate of drug-likeness (QED) is 0.681. The van der Waals surface area contributed by atoms with Crippen molar-refractivity contribution in [3.63, 3.8) is 0 Å². The summed E-state index contributed by atoms with van der Waals surface area (Å²) in [7, 11) is 0. The minimum atomic E-state index is -0.928. The Kier molecular flexibility index (Phi) is 5.05. The van der Waals surface area contributed by atoms with Crippen molar-refractivity contribution in [3.05, 3.63) is 11.6 Å². The van der Waals surface area contributed by atoms with Gasteiger partial charge < -0.3 is 10.4 Å². The molecule has 0 saturated carbocycles. The molecule has 1 amide bonds. The molecule has 0 aromatic carbocycles. The van der Waals surface area contributed by atoms with Crippen molar-refractivity contribution in [2.45, 2.75) is 34.1 Å². The van der Waals surface area contributed by atoms with E-state index in [9.17, 15) is 9.59 Å². The van der Waals surface area contributed by atoms with Crippen molar-refractivity contribution in [3.8, 4) is 0 Å². The molecule has 0 heterocycles. The van der Waals surface area contributed by atoms with Gasteiger partial charge in [-0.25, -0.2) is 0 Å². The van der Waals surface area contributed by atoms with Gasteiger partial charge in [-0.05, 0) is 27.2 Å². The molecule has 86 valence electrons. The van der Waals surface area contributed by atoms with Crippen LogP contribution < -0.4 is 5.32 Å². The fraction of sp³-hybridized carbons (Fsp3) is 0.636. The predicted molar refractivity (Wildman–Crippen MR) is 58.5 cm³/mol. The van der Waals surface area contributed by atoms with Crippen LogP contribution in [-0.4, -0.2) is 23.5 Å². The largest absolute Gasteiger partial charge is 0.481 e. The first-order valence-electron chi connectivity index (χ1n) is 5.02. The number of hydrogen-bond acceptors (Lipinski definition) is 2. The Morgan fingerprint density at radius 1 is 1.40 bits per heavy atom. The molecule has 0 aromatic rings. The van der Waals surface area contributed by atoms with Gasteiger partial charge in [0.25, 0.3) is 0 Å². The molecule has 0 aliphatic heterocycles. The molecular weight excluding hydrogens is 194 g/mol. The Morgan fingerprint density at radius 2 is 1.93 bits per heavy atom. The molecule has 0 spiro atoms. The van der Waals surface area contributed by atoms with Crippen LogP contribution in [0.25, 0.3) is 0 Å². The van der Waals surface area contributed by atoms with Gasteiger partial charge in [-0.2, -0.15) is 0 Å². The smallest absolute Gasteiger partial charge is 0.310 e. The van der Waals surface area contributed by atoms with Crippen molar-refractivity contribution in [2.75, 3.05) is 6.54 Å². The second kappa shape index (κ2) is 5.53. The lowest BCUT2D eigenvalue weighted by Gasteiger charge is -2.19. The summed E-state index contributed by atoms with van der Waals surface area (Å²) >= 11 is 0. The minimum absolute atomic E-state index is 0.137. The zero-order valence-electron chi connectivity index (χ0n) is 9.76. The van der Waals surface area contributed by atoms with Gasteiger partial charge in [-0.1, -0.05) is 13.0 Å². The number of amides is 1. The molecule has 15 heavy (non-hydrogen) atoms. The van der Waals surface area contributed by atoms with Crippen molar-refractivity contribution >= 4 is 11.9 Å². The number of nitrogens with one attached hydrogen (secondary N) is 1. The molecule has 0 unspecified atom stereocenters. The Morgan fingerprint density at radius 3 is 2.27 bits per heavy atom. The van der Waals surface area contributed by atoms with Crippen LogP contribution in [0.3, 0.4) is 0 Å². The van der Waals surface area contributed by atoms with Crippen LogP contribution in [0.2, 0.25) is 0 Å². The molecule has 0 bridgehead atoms. The zero-order valence-corrected chi connectivity index (χ0v) is 9.76. The first-order valence-corrected chi connectivity index (χ1v) is 5.02. The fourth-order valence-electron chi connectivity index (χ4n) is 0.986. The van der Waals surface area contributed by atoms with Crippen molar-refractivity contribution in [2.24, 2.45) is 5.41 Å². The summed E-state index contributed by atoms with van der Waals surface area (Å²) in [6.45, 7) is 6.98. The number of rotatable bonds is 5. The van der Waals surface area contributed by atoms with Gasteiger partial charge in [0.15, 0.2) is 0 Å². The van der Waals surface area contributed by atoms with Gasteiger partial charge in [-0.3, -0.25) is 9.59 Å². The molecule has 4 nitrogen and oxygen atoms in total. The molecule has 4 heteroatoms. The number of carbonyl (C=O) groups is 2. The predicted octanol–water partition coefficient (Wildman–Crippen LogP) is 1.57. The highest BCUT2D eigenvalue weighted by atomic mass is 16.4. The second-order valence-electron chi connectivity index (χ2n) is 4.04. The molecule has 0 atom stereocenters. The number of allylic oxidation sites excluding steroid dienone is 1. The van der Waals surface area contributed by atoms with Crippen LogP contribution in [0.1, 0.15) is 34.1 Å². The van der Waals surface area contributed by atoms with Crippen molar-refractivity contribution < 1.29 is 14.7 Å². The van der Waals surface area contributed by atoms with E-state index in [4.69, 9.17) is 5.11 Å². The summed E-state index contributed by atoms with van der Waals surface area (Å²) in [6, 6.07) is 0. The summed E-state index contributed by atoms with van der Waals surface area (Å²) in [6.07, 6.45) is 2.39. The maximum Gasteiger partial charge on any atom is 0.310 e. The molecule has 2 N–H and O–H groups in total. The van der Waals surface area contributed by atoms with E-state index < -0.39 is 11.4 Å². The second-order valence-corrected chi connectivity index (χ2v) is 4.04. The topological polar surface area (TPSA) is 66.4 Å². The van der Waals surface area contributed by atoms with E-state index >= 15 is 0 Å². The van der Waals surface area contributed by atoms with E-state index in [1.165, 1.54) is 0 Å². The number of hydrogen-bond donors (Lipinski definition) is 2. The normalized spacial score (nSPS) is 12.4. The summed E-state index contributed by atoms with van der Waals surface area (Å²) in [5.74, 6) is -1.10. The molecule has 0 aliphatic rings. The maximum absolute atomic E-state index is 11.5. The summed E-state index contributed by atoms with van der Waals surface area (Å²) in [5.41, 5.74) is -0.251. The van der Waals surface area contributed by atoms with Crippen molar-refractivity contribution in [1.29, 1.82) is 0 Å². The Bertz CT molecular complexity index is 280. The van der Waals surface area contributed by atoms with E-state index in [2.05, 4.69) is 5.32 Å². The van der Waals surface area contributed by atoms with Crippen LogP contribution in [-0.2, 0) is 9.59 Å². The Hall–Kier alpha value is -1.32. The van der Waals surface area contributed by atoms with Gasteiger partial charge in [0.1, 0.15) is 0 Å². The summed E-state index contributed by atoms with van der Waals surface area (Å²) in [4.78, 5) is 22.3. The highest BCUT2D eigenvalue weighted by molar-refractivity contribution is 5.93. The average molecular weight is 213 g/mol. The third-order valence-electron chi connectivity index (χ3n) is 2.29. The van der Waals surface area contributed by atoms with Gasteiger partial charge in [0.05, 0.1) is 5.41 Å². The SMILES string of the molecule is CC=C(CC)C(=O)NCC(C)(C)C(=O)O. The highest BCUT2D eigenvalue weighted by Crippen LogP contribution is 2.13. The van der Waals surface area contributed by atoms with Crippen LogP contribution >= 0.6 is 0 Å². The van der Waals surface area contributed by atoms with Gasteiger partial charge >= 0.3 is 5.97 Å². The third-order valence-corrected chi connectivity index (χ3v) is 2.29. The first-order chi connectivity index (χ1) is 6.85. The molecule has 0 aliphatic carbocycles. The number of aliphatic carboxylic acids is 1. The molecule has 0 fully saturated rings. The van der Waals surface area contributed by atoms with E-state index in [1.807, 2.05) is 6.92 Å². The summed E-state index contributed by atoms with van der Waals surface area (Å²) < 4.78 is 0. The highest BCUT2D eigenvalue weighted by Gasteiger charge is 2.27. The van der Waals surface area contributed by atoms with Gasteiger partial charge in [0, 0.05) is 12.1 Å².